The molecule has 0 spiro atoms. The van der Waals surface area contributed by atoms with E-state index in [0.29, 0.717) is 0 Å². The van der Waals surface area contributed by atoms with E-state index in [4.69, 9.17) is 28.1 Å². The van der Waals surface area contributed by atoms with Crippen LogP contribution in [0.5, 0.6) is 0 Å². The molecule has 0 aromatic rings. The van der Waals surface area contributed by atoms with E-state index in [1.165, 1.54) is 0 Å². The van der Waals surface area contributed by atoms with Crippen LogP contribution in [0, 0.1) is 0 Å². The quantitative estimate of drug-likeness (QED) is 0.727. The molecule has 0 radical (unpaired) electrons. The Morgan fingerprint density at radius 2 is 1.31 bits per heavy atom. The van der Waals surface area contributed by atoms with Gasteiger partial charge in [0, 0.05) is 0 Å². The average molecular weight is 336 g/mol. The first-order valence-electron chi connectivity index (χ1n) is 3.65. The van der Waals surface area contributed by atoms with Crippen molar-refractivity contribution >= 4 is 45.9 Å². The topological polar surface area (TPSA) is 74.6 Å². The summed E-state index contributed by atoms with van der Waals surface area (Å²) in [5.41, 5.74) is 0. The predicted octanol–water partition coefficient (Wildman–Crippen LogP) is 1.86. The van der Waals surface area contributed by atoms with Crippen molar-refractivity contribution in [3.8, 4) is 0 Å². The molecule has 0 aliphatic carbocycles. The van der Waals surface area contributed by atoms with Crippen molar-refractivity contribution in [1.29, 1.82) is 0 Å². The standard InChI is InChI=1S/2C3H5O2.2ClH.Sn/c2*1-2-3(4)5;;;/h2*1-2H2,(H,4,5);2*1H;/q;;;;+2/p-2. The van der Waals surface area contributed by atoms with E-state index in [1.807, 2.05) is 0 Å². The first kappa shape index (κ1) is 13.3. The zero-order valence-electron chi connectivity index (χ0n) is 6.80. The molecule has 0 amide bonds. The summed E-state index contributed by atoms with van der Waals surface area (Å²) in [5.74, 6) is -1.89. The van der Waals surface area contributed by atoms with Crippen molar-refractivity contribution in [2.24, 2.45) is 0 Å². The van der Waals surface area contributed by atoms with E-state index in [1.54, 1.807) is 0 Å². The Morgan fingerprint density at radius 1 is 1.00 bits per heavy atom. The second-order valence-electron chi connectivity index (χ2n) is 2.64. The number of hydrogen-bond acceptors (Lipinski definition) is 2. The number of halogens is 2. The fourth-order valence-electron chi connectivity index (χ4n) is 0.705. The van der Waals surface area contributed by atoms with Gasteiger partial charge in [-0.2, -0.15) is 0 Å². The van der Waals surface area contributed by atoms with Gasteiger partial charge in [-0.1, -0.05) is 0 Å². The molecule has 76 valence electrons. The van der Waals surface area contributed by atoms with Crippen LogP contribution in [-0.4, -0.2) is 38.3 Å². The van der Waals surface area contributed by atoms with Gasteiger partial charge in [-0.05, 0) is 0 Å². The third kappa shape index (κ3) is 8.64. The van der Waals surface area contributed by atoms with Gasteiger partial charge in [0.25, 0.3) is 0 Å². The molecule has 0 fully saturated rings. The summed E-state index contributed by atoms with van der Waals surface area (Å²) in [7, 11) is 11.7. The molecule has 0 saturated carbocycles. The molecule has 0 aromatic heterocycles. The molecular weight excluding hydrogens is 326 g/mol. The summed E-state index contributed by atoms with van der Waals surface area (Å²) in [6.45, 7) is 0. The second-order valence-corrected chi connectivity index (χ2v) is 21.4. The number of rotatable bonds is 6. The summed E-state index contributed by atoms with van der Waals surface area (Å²) < 4.78 is 0.529. The first-order chi connectivity index (χ1) is 5.83. The molecule has 0 bridgehead atoms. The minimum absolute atomic E-state index is 0.0668. The van der Waals surface area contributed by atoms with Crippen LogP contribution in [0.25, 0.3) is 0 Å². The monoisotopic (exact) mass is 336 g/mol. The van der Waals surface area contributed by atoms with Crippen LogP contribution in [0.4, 0.5) is 0 Å². The molecule has 0 rings (SSSR count). The van der Waals surface area contributed by atoms with E-state index < -0.39 is 28.1 Å². The molecule has 0 atom stereocenters. The van der Waals surface area contributed by atoms with Crippen molar-refractivity contribution in [3.63, 3.8) is 0 Å². The molecular formula is C6H10Cl2O4Sn. The number of hydrogen-bond donors (Lipinski definition) is 2. The van der Waals surface area contributed by atoms with E-state index in [-0.39, 0.29) is 21.7 Å². The van der Waals surface area contributed by atoms with Gasteiger partial charge >= 0.3 is 87.4 Å². The van der Waals surface area contributed by atoms with Crippen molar-refractivity contribution in [1.82, 2.24) is 0 Å². The molecule has 0 saturated heterocycles. The normalized spacial score (nSPS) is 11.2. The number of carboxylic acids is 2. The molecule has 0 aliphatic rings. The summed E-state index contributed by atoms with van der Waals surface area (Å²) in [6, 6.07) is 0. The van der Waals surface area contributed by atoms with Gasteiger partial charge in [-0.25, -0.2) is 0 Å². The van der Waals surface area contributed by atoms with Crippen LogP contribution in [0.3, 0.4) is 0 Å². The van der Waals surface area contributed by atoms with Crippen LogP contribution in [0.15, 0.2) is 0 Å². The maximum absolute atomic E-state index is 10.2. The molecule has 0 aliphatic heterocycles. The van der Waals surface area contributed by atoms with Crippen molar-refractivity contribution in [2.75, 3.05) is 0 Å². The Hall–Kier alpha value is 0.319. The summed E-state index contributed by atoms with van der Waals surface area (Å²) in [6.07, 6.45) is -0.134. The van der Waals surface area contributed by atoms with E-state index in [2.05, 4.69) is 0 Å². The van der Waals surface area contributed by atoms with E-state index >= 15 is 0 Å². The Morgan fingerprint density at radius 3 is 1.54 bits per heavy atom. The third-order valence-corrected chi connectivity index (χ3v) is 12.1. The Bertz CT molecular complexity index is 187. The number of carbonyl (C=O) groups is 2. The van der Waals surface area contributed by atoms with Crippen molar-refractivity contribution in [2.45, 2.75) is 21.7 Å². The van der Waals surface area contributed by atoms with Crippen LogP contribution in [0.2, 0.25) is 8.87 Å². The van der Waals surface area contributed by atoms with E-state index in [0.717, 1.165) is 0 Å². The Balaban J connectivity index is 3.79. The van der Waals surface area contributed by atoms with Crippen LogP contribution in [-0.2, 0) is 9.59 Å². The fourth-order valence-corrected chi connectivity index (χ4v) is 7.26. The van der Waals surface area contributed by atoms with Gasteiger partial charge in [0.2, 0.25) is 0 Å². The molecule has 0 unspecified atom stereocenters. The first-order valence-corrected chi connectivity index (χ1v) is 14.9. The predicted molar refractivity (Wildman–Crippen MR) is 51.6 cm³/mol. The van der Waals surface area contributed by atoms with Crippen LogP contribution in [0.1, 0.15) is 12.8 Å². The van der Waals surface area contributed by atoms with Gasteiger partial charge in [0.15, 0.2) is 0 Å². The summed E-state index contributed by atoms with van der Waals surface area (Å²) in [4.78, 5) is 20.4. The van der Waals surface area contributed by atoms with Gasteiger partial charge in [0.1, 0.15) is 0 Å². The number of aliphatic carboxylic acids is 2. The second kappa shape index (κ2) is 5.93. The zero-order chi connectivity index (χ0) is 10.5. The van der Waals surface area contributed by atoms with Crippen LogP contribution < -0.4 is 0 Å². The van der Waals surface area contributed by atoms with Gasteiger partial charge in [-0.3, -0.25) is 0 Å². The van der Waals surface area contributed by atoms with Gasteiger partial charge in [-0.15, -0.1) is 0 Å². The van der Waals surface area contributed by atoms with Gasteiger partial charge < -0.3 is 0 Å². The van der Waals surface area contributed by atoms with Crippen molar-refractivity contribution < 1.29 is 19.8 Å². The average Bonchev–Trinajstić information content (AvgIpc) is 1.98. The van der Waals surface area contributed by atoms with E-state index in [9.17, 15) is 9.59 Å². The third-order valence-electron chi connectivity index (χ3n) is 1.41. The molecule has 7 heteroatoms. The Kier molecular flexibility index (Phi) is 6.07. The number of carboxylic acid groups (broad SMARTS) is 2. The fraction of sp³-hybridized carbons (Fsp3) is 0.667. The minimum atomic E-state index is -3.36. The summed E-state index contributed by atoms with van der Waals surface area (Å²) in [5, 5.41) is 16.7. The molecule has 4 nitrogen and oxygen atoms in total. The van der Waals surface area contributed by atoms with Gasteiger partial charge in [0.05, 0.1) is 0 Å². The molecule has 2 N–H and O–H groups in total. The zero-order valence-corrected chi connectivity index (χ0v) is 11.2. The van der Waals surface area contributed by atoms with Crippen molar-refractivity contribution in [3.05, 3.63) is 0 Å². The molecule has 0 aromatic carbocycles. The van der Waals surface area contributed by atoms with Crippen LogP contribution >= 0.6 is 17.8 Å². The summed E-state index contributed by atoms with van der Waals surface area (Å²) >= 11 is -3.36. The molecule has 0 heterocycles. The Labute approximate surface area is 87.1 Å². The maximum atomic E-state index is 10.2. The molecule has 13 heavy (non-hydrogen) atoms. The SMILES string of the molecule is O=C(O)C[CH2][Sn]([Cl])([Cl])[CH2]CC(=O)O.